The Kier molecular flexibility index (Phi) is 7.81. The predicted octanol–water partition coefficient (Wildman–Crippen LogP) is 2.21. The van der Waals surface area contributed by atoms with Crippen LogP contribution in [0.25, 0.3) is 0 Å². The Hall–Kier alpha value is -0.120. The van der Waals surface area contributed by atoms with Crippen molar-refractivity contribution in [3.05, 3.63) is 0 Å². The van der Waals surface area contributed by atoms with Gasteiger partial charge in [-0.1, -0.05) is 26.7 Å². The van der Waals surface area contributed by atoms with Crippen molar-refractivity contribution in [2.24, 2.45) is 5.92 Å². The average Bonchev–Trinajstić information content (AvgIpc) is 2.81. The first-order chi connectivity index (χ1) is 7.86. The van der Waals surface area contributed by atoms with E-state index in [1.807, 2.05) is 0 Å². The zero-order valence-corrected chi connectivity index (χ0v) is 10.8. The molecule has 1 saturated heterocycles. The lowest BCUT2D eigenvalue weighted by Crippen LogP contribution is -2.27. The highest BCUT2D eigenvalue weighted by Crippen LogP contribution is 2.11. The van der Waals surface area contributed by atoms with Gasteiger partial charge >= 0.3 is 0 Å². The molecule has 0 bridgehead atoms. The van der Waals surface area contributed by atoms with Crippen molar-refractivity contribution in [2.75, 3.05) is 32.9 Å². The van der Waals surface area contributed by atoms with Gasteiger partial charge in [-0.3, -0.25) is 0 Å². The van der Waals surface area contributed by atoms with E-state index >= 15 is 0 Å². The summed E-state index contributed by atoms with van der Waals surface area (Å²) in [4.78, 5) is 0. The van der Waals surface area contributed by atoms with Crippen molar-refractivity contribution >= 4 is 0 Å². The van der Waals surface area contributed by atoms with Crippen molar-refractivity contribution in [3.8, 4) is 0 Å². The standard InChI is InChI=1S/C13H27NO2/c1-3-12(4-2)10-14-7-9-15-11-13-6-5-8-16-13/h12-14H,3-11H2,1-2H3. The third kappa shape index (κ3) is 5.83. The van der Waals surface area contributed by atoms with E-state index in [0.717, 1.165) is 38.8 Å². The van der Waals surface area contributed by atoms with Crippen LogP contribution in [0.4, 0.5) is 0 Å². The summed E-state index contributed by atoms with van der Waals surface area (Å²) >= 11 is 0. The minimum Gasteiger partial charge on any atom is -0.377 e. The molecule has 1 rings (SSSR count). The van der Waals surface area contributed by atoms with Crippen LogP contribution in [0.1, 0.15) is 39.5 Å². The van der Waals surface area contributed by atoms with Gasteiger partial charge in [0, 0.05) is 13.2 Å². The molecule has 0 amide bonds. The summed E-state index contributed by atoms with van der Waals surface area (Å²) < 4.78 is 11.1. The molecule has 1 aliphatic heterocycles. The Bertz CT molecular complexity index is 148. The third-order valence-corrected chi connectivity index (χ3v) is 3.34. The van der Waals surface area contributed by atoms with Gasteiger partial charge in [-0.2, -0.15) is 0 Å². The Labute approximate surface area is 99.9 Å². The first-order valence-corrected chi connectivity index (χ1v) is 6.76. The number of hydrogen-bond acceptors (Lipinski definition) is 3. The molecule has 0 saturated carbocycles. The third-order valence-electron chi connectivity index (χ3n) is 3.34. The Morgan fingerprint density at radius 2 is 2.19 bits per heavy atom. The number of rotatable bonds is 9. The average molecular weight is 229 g/mol. The van der Waals surface area contributed by atoms with Gasteiger partial charge in [-0.05, 0) is 25.3 Å². The van der Waals surface area contributed by atoms with Crippen LogP contribution in [-0.2, 0) is 9.47 Å². The topological polar surface area (TPSA) is 30.5 Å². The van der Waals surface area contributed by atoms with E-state index in [9.17, 15) is 0 Å². The quantitative estimate of drug-likeness (QED) is 0.615. The zero-order chi connectivity index (χ0) is 11.6. The van der Waals surface area contributed by atoms with Gasteiger partial charge in [0.2, 0.25) is 0 Å². The summed E-state index contributed by atoms with van der Waals surface area (Å²) in [5.74, 6) is 0.818. The molecular weight excluding hydrogens is 202 g/mol. The highest BCUT2D eigenvalue weighted by atomic mass is 16.5. The summed E-state index contributed by atoms with van der Waals surface area (Å²) in [7, 11) is 0. The molecule has 0 radical (unpaired) electrons. The molecule has 0 aromatic rings. The summed E-state index contributed by atoms with van der Waals surface area (Å²) in [5.41, 5.74) is 0. The summed E-state index contributed by atoms with van der Waals surface area (Å²) in [6, 6.07) is 0. The number of ether oxygens (including phenoxy) is 2. The molecule has 1 N–H and O–H groups in total. The smallest absolute Gasteiger partial charge is 0.0809 e. The molecule has 1 unspecified atom stereocenters. The van der Waals surface area contributed by atoms with Crippen LogP contribution in [0.15, 0.2) is 0 Å². The van der Waals surface area contributed by atoms with Crippen LogP contribution in [0.5, 0.6) is 0 Å². The van der Waals surface area contributed by atoms with E-state index in [0.29, 0.717) is 6.10 Å². The molecule has 3 nitrogen and oxygen atoms in total. The minimum absolute atomic E-state index is 0.360. The monoisotopic (exact) mass is 229 g/mol. The molecular formula is C13H27NO2. The van der Waals surface area contributed by atoms with E-state index in [-0.39, 0.29) is 0 Å². The van der Waals surface area contributed by atoms with Crippen LogP contribution < -0.4 is 5.32 Å². The highest BCUT2D eigenvalue weighted by molar-refractivity contribution is 4.63. The largest absolute Gasteiger partial charge is 0.377 e. The minimum atomic E-state index is 0.360. The second-order valence-corrected chi connectivity index (χ2v) is 4.60. The molecule has 3 heteroatoms. The molecule has 0 aromatic carbocycles. The maximum Gasteiger partial charge on any atom is 0.0809 e. The van der Waals surface area contributed by atoms with E-state index in [1.165, 1.54) is 25.7 Å². The van der Waals surface area contributed by atoms with Crippen LogP contribution >= 0.6 is 0 Å². The van der Waals surface area contributed by atoms with Gasteiger partial charge in [0.15, 0.2) is 0 Å². The second kappa shape index (κ2) is 8.97. The van der Waals surface area contributed by atoms with Gasteiger partial charge < -0.3 is 14.8 Å². The van der Waals surface area contributed by atoms with Crippen molar-refractivity contribution < 1.29 is 9.47 Å². The van der Waals surface area contributed by atoms with Gasteiger partial charge in [-0.25, -0.2) is 0 Å². The van der Waals surface area contributed by atoms with Crippen molar-refractivity contribution in [1.82, 2.24) is 5.32 Å². The molecule has 0 spiro atoms. The van der Waals surface area contributed by atoms with Gasteiger partial charge in [0.1, 0.15) is 0 Å². The SMILES string of the molecule is CCC(CC)CNCCOCC1CCCO1. The second-order valence-electron chi connectivity index (χ2n) is 4.60. The van der Waals surface area contributed by atoms with Crippen molar-refractivity contribution in [3.63, 3.8) is 0 Å². The van der Waals surface area contributed by atoms with Crippen LogP contribution in [0.2, 0.25) is 0 Å². The Morgan fingerprint density at radius 3 is 2.81 bits per heavy atom. The molecule has 1 heterocycles. The normalized spacial score (nSPS) is 20.8. The lowest BCUT2D eigenvalue weighted by atomic mass is 10.0. The Balaban J connectivity index is 1.84. The predicted molar refractivity (Wildman–Crippen MR) is 66.7 cm³/mol. The fourth-order valence-electron chi connectivity index (χ4n) is 2.02. The van der Waals surface area contributed by atoms with Crippen LogP contribution in [0, 0.1) is 5.92 Å². The van der Waals surface area contributed by atoms with Crippen LogP contribution in [-0.4, -0.2) is 39.0 Å². The van der Waals surface area contributed by atoms with E-state index in [4.69, 9.17) is 9.47 Å². The molecule has 16 heavy (non-hydrogen) atoms. The first kappa shape index (κ1) is 13.9. The van der Waals surface area contributed by atoms with Crippen molar-refractivity contribution in [1.29, 1.82) is 0 Å². The number of nitrogens with one attached hydrogen (secondary N) is 1. The first-order valence-electron chi connectivity index (χ1n) is 6.76. The highest BCUT2D eigenvalue weighted by Gasteiger charge is 2.14. The lowest BCUT2D eigenvalue weighted by Gasteiger charge is -2.14. The van der Waals surface area contributed by atoms with Crippen molar-refractivity contribution in [2.45, 2.75) is 45.6 Å². The maximum atomic E-state index is 5.58. The number of hydrogen-bond donors (Lipinski definition) is 1. The molecule has 96 valence electrons. The Morgan fingerprint density at radius 1 is 1.38 bits per heavy atom. The fourth-order valence-corrected chi connectivity index (χ4v) is 2.02. The summed E-state index contributed by atoms with van der Waals surface area (Å²) in [6.45, 7) is 9.08. The van der Waals surface area contributed by atoms with E-state index < -0.39 is 0 Å². The zero-order valence-electron chi connectivity index (χ0n) is 10.8. The molecule has 1 atom stereocenters. The summed E-state index contributed by atoms with van der Waals surface area (Å²) in [5, 5.41) is 3.45. The van der Waals surface area contributed by atoms with Gasteiger partial charge in [-0.15, -0.1) is 0 Å². The van der Waals surface area contributed by atoms with Crippen LogP contribution in [0.3, 0.4) is 0 Å². The van der Waals surface area contributed by atoms with E-state index in [1.54, 1.807) is 0 Å². The molecule has 0 aliphatic carbocycles. The molecule has 1 fully saturated rings. The van der Waals surface area contributed by atoms with Gasteiger partial charge in [0.05, 0.1) is 19.3 Å². The molecule has 0 aromatic heterocycles. The summed E-state index contributed by atoms with van der Waals surface area (Å²) in [6.07, 6.45) is 5.25. The van der Waals surface area contributed by atoms with Gasteiger partial charge in [0.25, 0.3) is 0 Å². The fraction of sp³-hybridized carbons (Fsp3) is 1.00. The van der Waals surface area contributed by atoms with E-state index in [2.05, 4.69) is 19.2 Å². The maximum absolute atomic E-state index is 5.58. The molecule has 1 aliphatic rings. The lowest BCUT2D eigenvalue weighted by molar-refractivity contribution is 0.0182.